The van der Waals surface area contributed by atoms with Gasteiger partial charge in [0.15, 0.2) is 0 Å². The fraction of sp³-hybridized carbons (Fsp3) is 0.462. The van der Waals surface area contributed by atoms with Gasteiger partial charge in [-0.05, 0) is 37.0 Å². The number of pyridine rings is 1. The second kappa shape index (κ2) is 7.78. The first-order valence-electron chi connectivity index (χ1n) is 6.13. The van der Waals surface area contributed by atoms with Crippen LogP contribution in [-0.2, 0) is 0 Å². The summed E-state index contributed by atoms with van der Waals surface area (Å²) >= 11 is 1.81. The average molecular weight is 282 g/mol. The lowest BCUT2D eigenvalue weighted by Crippen LogP contribution is -2.34. The fourth-order valence-corrected chi connectivity index (χ4v) is 2.34. The first kappa shape index (κ1) is 15.5. The highest BCUT2D eigenvalue weighted by Crippen LogP contribution is 2.07. The molecule has 0 aromatic carbocycles. The average Bonchev–Trinajstić information content (AvgIpc) is 2.39. The molecule has 1 atom stereocenters. The SMILES string of the molecule is CCSCCC(C)NC(=O)c1ncccc1C(=O)O. The molecule has 5 nitrogen and oxygen atoms in total. The number of thioether (sulfide) groups is 1. The number of carboxylic acid groups (broad SMARTS) is 1. The molecule has 19 heavy (non-hydrogen) atoms. The maximum Gasteiger partial charge on any atom is 0.338 e. The van der Waals surface area contributed by atoms with Crippen LogP contribution in [0.25, 0.3) is 0 Å². The van der Waals surface area contributed by atoms with Gasteiger partial charge in [-0.25, -0.2) is 4.79 Å². The molecular formula is C13H18N2O3S. The van der Waals surface area contributed by atoms with Crippen LogP contribution in [0.15, 0.2) is 18.3 Å². The molecule has 2 N–H and O–H groups in total. The van der Waals surface area contributed by atoms with Gasteiger partial charge in [-0.15, -0.1) is 0 Å². The lowest BCUT2D eigenvalue weighted by Gasteiger charge is -2.13. The molecule has 1 unspecified atom stereocenters. The summed E-state index contributed by atoms with van der Waals surface area (Å²) in [5, 5.41) is 11.8. The number of nitrogens with zero attached hydrogens (tertiary/aromatic N) is 1. The summed E-state index contributed by atoms with van der Waals surface area (Å²) in [4.78, 5) is 26.8. The summed E-state index contributed by atoms with van der Waals surface area (Å²) in [6.07, 6.45) is 2.26. The minimum atomic E-state index is -1.15. The molecule has 1 amide bonds. The van der Waals surface area contributed by atoms with Gasteiger partial charge >= 0.3 is 5.97 Å². The van der Waals surface area contributed by atoms with E-state index >= 15 is 0 Å². The number of carbonyl (C=O) groups excluding carboxylic acids is 1. The van der Waals surface area contributed by atoms with Crippen molar-refractivity contribution in [3.63, 3.8) is 0 Å². The van der Waals surface area contributed by atoms with Gasteiger partial charge in [-0.3, -0.25) is 9.78 Å². The Balaban J connectivity index is 2.65. The van der Waals surface area contributed by atoms with Gasteiger partial charge in [-0.1, -0.05) is 6.92 Å². The van der Waals surface area contributed by atoms with E-state index in [0.717, 1.165) is 17.9 Å². The molecule has 0 spiro atoms. The van der Waals surface area contributed by atoms with Crippen LogP contribution in [-0.4, -0.2) is 39.5 Å². The molecule has 1 aromatic rings. The predicted molar refractivity (Wildman–Crippen MR) is 75.7 cm³/mol. The van der Waals surface area contributed by atoms with Gasteiger partial charge in [0.1, 0.15) is 5.69 Å². The molecule has 6 heteroatoms. The Bertz CT molecular complexity index is 451. The summed E-state index contributed by atoms with van der Waals surface area (Å²) in [6, 6.07) is 2.87. The summed E-state index contributed by atoms with van der Waals surface area (Å²) in [5.41, 5.74) is -0.111. The second-order valence-corrected chi connectivity index (χ2v) is 5.46. The lowest BCUT2D eigenvalue weighted by atomic mass is 10.1. The Labute approximate surface area is 116 Å². The van der Waals surface area contributed by atoms with Crippen molar-refractivity contribution >= 4 is 23.6 Å². The first-order chi connectivity index (χ1) is 9.06. The molecule has 0 saturated carbocycles. The molecule has 0 aliphatic rings. The van der Waals surface area contributed by atoms with Crippen LogP contribution in [0.2, 0.25) is 0 Å². The van der Waals surface area contributed by atoms with Crippen molar-refractivity contribution in [1.82, 2.24) is 10.3 Å². The van der Waals surface area contributed by atoms with Gasteiger partial charge in [-0.2, -0.15) is 11.8 Å². The van der Waals surface area contributed by atoms with E-state index in [0.29, 0.717) is 0 Å². The fourth-order valence-electron chi connectivity index (χ4n) is 1.53. The zero-order valence-electron chi connectivity index (χ0n) is 11.0. The van der Waals surface area contributed by atoms with E-state index in [4.69, 9.17) is 5.11 Å². The molecule has 1 rings (SSSR count). The van der Waals surface area contributed by atoms with Crippen LogP contribution >= 0.6 is 11.8 Å². The van der Waals surface area contributed by atoms with Gasteiger partial charge in [0.2, 0.25) is 0 Å². The molecule has 0 fully saturated rings. The molecular weight excluding hydrogens is 264 g/mol. The Morgan fingerprint density at radius 1 is 1.53 bits per heavy atom. The maximum atomic E-state index is 12.0. The van der Waals surface area contributed by atoms with Crippen LogP contribution in [0.3, 0.4) is 0 Å². The van der Waals surface area contributed by atoms with E-state index < -0.39 is 11.9 Å². The maximum absolute atomic E-state index is 12.0. The number of hydrogen-bond donors (Lipinski definition) is 2. The first-order valence-corrected chi connectivity index (χ1v) is 7.28. The van der Waals surface area contributed by atoms with E-state index in [1.165, 1.54) is 18.3 Å². The monoisotopic (exact) mass is 282 g/mol. The van der Waals surface area contributed by atoms with E-state index in [1.807, 2.05) is 6.92 Å². The summed E-state index contributed by atoms with van der Waals surface area (Å²) < 4.78 is 0. The molecule has 0 aliphatic heterocycles. The standard InChI is InChI=1S/C13H18N2O3S/c1-3-19-8-6-9(2)15-12(16)11-10(13(17)18)5-4-7-14-11/h4-5,7,9H,3,6,8H2,1-2H3,(H,15,16)(H,17,18). The highest BCUT2D eigenvalue weighted by atomic mass is 32.2. The summed E-state index contributed by atoms with van der Waals surface area (Å²) in [5.74, 6) is 0.426. The van der Waals surface area contributed by atoms with Crippen molar-refractivity contribution in [1.29, 1.82) is 0 Å². The normalized spacial score (nSPS) is 11.9. The van der Waals surface area contributed by atoms with Gasteiger partial charge in [0, 0.05) is 12.2 Å². The number of rotatable bonds is 7. The summed E-state index contributed by atoms with van der Waals surface area (Å²) in [6.45, 7) is 3.98. The van der Waals surface area contributed by atoms with E-state index in [1.54, 1.807) is 11.8 Å². The minimum absolute atomic E-state index is 0.00444. The number of nitrogens with one attached hydrogen (secondary N) is 1. The van der Waals surface area contributed by atoms with Gasteiger partial charge in [0.25, 0.3) is 5.91 Å². The Morgan fingerprint density at radius 2 is 2.26 bits per heavy atom. The molecule has 104 valence electrons. The van der Waals surface area contributed by atoms with E-state index in [-0.39, 0.29) is 17.3 Å². The third-order valence-electron chi connectivity index (χ3n) is 2.53. The zero-order chi connectivity index (χ0) is 14.3. The Hall–Kier alpha value is -1.56. The number of aromatic carboxylic acids is 1. The number of aromatic nitrogens is 1. The van der Waals surface area contributed by atoms with E-state index in [9.17, 15) is 9.59 Å². The second-order valence-electron chi connectivity index (χ2n) is 4.06. The van der Waals surface area contributed by atoms with Gasteiger partial charge in [0.05, 0.1) is 5.56 Å². The highest BCUT2D eigenvalue weighted by molar-refractivity contribution is 7.99. The number of carbonyl (C=O) groups is 2. The lowest BCUT2D eigenvalue weighted by molar-refractivity contribution is 0.0689. The zero-order valence-corrected chi connectivity index (χ0v) is 11.9. The highest BCUT2D eigenvalue weighted by Gasteiger charge is 2.18. The van der Waals surface area contributed by atoms with Crippen molar-refractivity contribution in [2.24, 2.45) is 0 Å². The molecule has 0 aliphatic carbocycles. The van der Waals surface area contributed by atoms with Crippen LogP contribution in [0.5, 0.6) is 0 Å². The number of amides is 1. The molecule has 1 heterocycles. The van der Waals surface area contributed by atoms with Crippen LogP contribution in [0.4, 0.5) is 0 Å². The Kier molecular flexibility index (Phi) is 6.35. The van der Waals surface area contributed by atoms with Crippen LogP contribution in [0, 0.1) is 0 Å². The molecule has 0 bridgehead atoms. The van der Waals surface area contributed by atoms with E-state index in [2.05, 4.69) is 17.2 Å². The predicted octanol–water partition coefficient (Wildman–Crippen LogP) is 2.04. The largest absolute Gasteiger partial charge is 0.478 e. The van der Waals surface area contributed by atoms with Crippen molar-refractivity contribution in [2.75, 3.05) is 11.5 Å². The van der Waals surface area contributed by atoms with Crippen molar-refractivity contribution in [3.8, 4) is 0 Å². The molecule has 1 aromatic heterocycles. The quantitative estimate of drug-likeness (QED) is 0.748. The number of carboxylic acids is 1. The van der Waals surface area contributed by atoms with Crippen LogP contribution in [0.1, 0.15) is 41.1 Å². The minimum Gasteiger partial charge on any atom is -0.478 e. The van der Waals surface area contributed by atoms with Crippen molar-refractivity contribution < 1.29 is 14.7 Å². The molecule has 0 saturated heterocycles. The summed E-state index contributed by atoms with van der Waals surface area (Å²) in [7, 11) is 0. The van der Waals surface area contributed by atoms with Crippen molar-refractivity contribution in [3.05, 3.63) is 29.6 Å². The molecule has 0 radical (unpaired) electrons. The van der Waals surface area contributed by atoms with Gasteiger partial charge < -0.3 is 10.4 Å². The smallest absolute Gasteiger partial charge is 0.338 e. The van der Waals surface area contributed by atoms with Crippen LogP contribution < -0.4 is 5.32 Å². The number of hydrogen-bond acceptors (Lipinski definition) is 4. The third kappa shape index (κ3) is 4.90. The van der Waals surface area contributed by atoms with Crippen molar-refractivity contribution in [2.45, 2.75) is 26.3 Å². The topological polar surface area (TPSA) is 79.3 Å². The third-order valence-corrected chi connectivity index (χ3v) is 3.46. The Morgan fingerprint density at radius 3 is 2.89 bits per heavy atom.